The third-order valence-electron chi connectivity index (χ3n) is 4.60. The molecule has 0 N–H and O–H groups in total. The molecule has 4 nitrogen and oxygen atoms in total. The molecule has 0 saturated heterocycles. The molecule has 0 amide bonds. The summed E-state index contributed by atoms with van der Waals surface area (Å²) in [6.07, 6.45) is -0.168. The second-order valence-electron chi connectivity index (χ2n) is 6.47. The van der Waals surface area contributed by atoms with Crippen LogP contribution in [0.25, 0.3) is 11.0 Å². The minimum atomic E-state index is -0.168. The lowest BCUT2D eigenvalue weighted by molar-refractivity contribution is 0.212. The summed E-state index contributed by atoms with van der Waals surface area (Å²) in [5.74, 6) is 2.61. The van der Waals surface area contributed by atoms with Gasteiger partial charge in [-0.25, -0.2) is 4.98 Å². The van der Waals surface area contributed by atoms with E-state index >= 15 is 0 Å². The number of nitrogens with zero attached hydrogens (tertiary/aromatic N) is 2. The fourth-order valence-electron chi connectivity index (χ4n) is 3.24. The SMILES string of the molecule is COc1ccc(Cn2c(C(C)Oc3ccccc3)nc3ccccc32)cc1. The van der Waals surface area contributed by atoms with Crippen LogP contribution in [0.1, 0.15) is 24.4 Å². The third-order valence-corrected chi connectivity index (χ3v) is 4.60. The zero-order valence-corrected chi connectivity index (χ0v) is 15.5. The molecular weight excluding hydrogens is 336 g/mol. The van der Waals surface area contributed by atoms with Crippen molar-refractivity contribution in [2.45, 2.75) is 19.6 Å². The van der Waals surface area contributed by atoms with Gasteiger partial charge in [0.05, 0.1) is 18.1 Å². The molecule has 4 rings (SSSR count). The van der Waals surface area contributed by atoms with E-state index in [4.69, 9.17) is 14.5 Å². The molecule has 0 fully saturated rings. The summed E-state index contributed by atoms with van der Waals surface area (Å²) in [4.78, 5) is 4.85. The molecule has 3 aromatic carbocycles. The van der Waals surface area contributed by atoms with Gasteiger partial charge in [-0.2, -0.15) is 0 Å². The molecule has 0 aliphatic rings. The first-order valence-corrected chi connectivity index (χ1v) is 9.04. The van der Waals surface area contributed by atoms with Crippen LogP contribution in [0, 0.1) is 0 Å². The first-order valence-electron chi connectivity index (χ1n) is 9.04. The standard InChI is InChI=1S/C23H22N2O2/c1-17(27-20-8-4-3-5-9-20)23-24-21-10-6-7-11-22(21)25(23)16-18-12-14-19(26-2)15-13-18/h3-15,17H,16H2,1-2H3. The topological polar surface area (TPSA) is 36.3 Å². The average molecular weight is 358 g/mol. The molecule has 0 aliphatic carbocycles. The minimum absolute atomic E-state index is 0.168. The van der Waals surface area contributed by atoms with Gasteiger partial charge in [0.2, 0.25) is 0 Å². The highest BCUT2D eigenvalue weighted by Crippen LogP contribution is 2.26. The predicted molar refractivity (Wildman–Crippen MR) is 107 cm³/mol. The molecule has 0 radical (unpaired) electrons. The molecule has 0 aliphatic heterocycles. The van der Waals surface area contributed by atoms with E-state index in [1.807, 2.05) is 67.6 Å². The summed E-state index contributed by atoms with van der Waals surface area (Å²) in [6, 6.07) is 26.2. The first kappa shape index (κ1) is 17.2. The lowest BCUT2D eigenvalue weighted by Gasteiger charge is -2.17. The van der Waals surface area contributed by atoms with E-state index in [9.17, 15) is 0 Å². The van der Waals surface area contributed by atoms with E-state index in [2.05, 4.69) is 22.8 Å². The van der Waals surface area contributed by atoms with Crippen LogP contribution in [0.3, 0.4) is 0 Å². The Morgan fingerprint density at radius 1 is 0.852 bits per heavy atom. The van der Waals surface area contributed by atoms with Gasteiger partial charge in [-0.1, -0.05) is 42.5 Å². The summed E-state index contributed by atoms with van der Waals surface area (Å²) in [6.45, 7) is 2.76. The molecule has 1 unspecified atom stereocenters. The quantitative estimate of drug-likeness (QED) is 0.473. The zero-order chi connectivity index (χ0) is 18.6. The van der Waals surface area contributed by atoms with Gasteiger partial charge in [0.15, 0.2) is 11.9 Å². The van der Waals surface area contributed by atoms with E-state index in [0.717, 1.165) is 34.9 Å². The van der Waals surface area contributed by atoms with Crippen LogP contribution in [-0.4, -0.2) is 16.7 Å². The smallest absolute Gasteiger partial charge is 0.153 e. The Morgan fingerprint density at radius 2 is 1.56 bits per heavy atom. The van der Waals surface area contributed by atoms with E-state index in [1.165, 1.54) is 5.56 Å². The fraction of sp³-hybridized carbons (Fsp3) is 0.174. The second-order valence-corrected chi connectivity index (χ2v) is 6.47. The largest absolute Gasteiger partial charge is 0.497 e. The van der Waals surface area contributed by atoms with Gasteiger partial charge in [-0.15, -0.1) is 0 Å². The van der Waals surface area contributed by atoms with Gasteiger partial charge in [0, 0.05) is 6.54 Å². The number of rotatable bonds is 6. The van der Waals surface area contributed by atoms with Crippen LogP contribution in [0.5, 0.6) is 11.5 Å². The van der Waals surface area contributed by atoms with E-state index < -0.39 is 0 Å². The number of benzene rings is 3. The number of imidazole rings is 1. The van der Waals surface area contributed by atoms with Gasteiger partial charge < -0.3 is 14.0 Å². The van der Waals surface area contributed by atoms with Crippen molar-refractivity contribution in [3.05, 3.63) is 90.3 Å². The molecule has 4 aromatic rings. The van der Waals surface area contributed by atoms with E-state index in [0.29, 0.717) is 0 Å². The number of aromatic nitrogens is 2. The summed E-state index contributed by atoms with van der Waals surface area (Å²) >= 11 is 0. The normalized spacial score (nSPS) is 12.1. The number of hydrogen-bond donors (Lipinski definition) is 0. The summed E-state index contributed by atoms with van der Waals surface area (Å²) in [5.41, 5.74) is 3.27. The van der Waals surface area contributed by atoms with Crippen molar-refractivity contribution in [2.24, 2.45) is 0 Å². The Labute approximate surface area is 159 Å². The Kier molecular flexibility index (Phi) is 4.79. The molecular formula is C23H22N2O2. The van der Waals surface area contributed by atoms with Crippen LogP contribution >= 0.6 is 0 Å². The van der Waals surface area contributed by atoms with Crippen molar-refractivity contribution >= 4 is 11.0 Å². The van der Waals surface area contributed by atoms with Gasteiger partial charge in [-0.05, 0) is 48.9 Å². The molecule has 4 heteroatoms. The van der Waals surface area contributed by atoms with Crippen molar-refractivity contribution in [2.75, 3.05) is 7.11 Å². The maximum absolute atomic E-state index is 6.14. The molecule has 136 valence electrons. The fourth-order valence-corrected chi connectivity index (χ4v) is 3.24. The number of hydrogen-bond acceptors (Lipinski definition) is 3. The van der Waals surface area contributed by atoms with Crippen molar-refractivity contribution in [1.29, 1.82) is 0 Å². The number of ether oxygens (including phenoxy) is 2. The second kappa shape index (κ2) is 7.54. The summed E-state index contributed by atoms with van der Waals surface area (Å²) in [7, 11) is 1.68. The van der Waals surface area contributed by atoms with E-state index in [-0.39, 0.29) is 6.10 Å². The molecule has 1 aromatic heterocycles. The molecule has 1 atom stereocenters. The van der Waals surface area contributed by atoms with Crippen molar-refractivity contribution in [1.82, 2.24) is 9.55 Å². The van der Waals surface area contributed by atoms with Crippen molar-refractivity contribution < 1.29 is 9.47 Å². The lowest BCUT2D eigenvalue weighted by Crippen LogP contribution is -2.12. The Bertz CT molecular complexity index is 1020. The molecule has 0 spiro atoms. The monoisotopic (exact) mass is 358 g/mol. The highest BCUT2D eigenvalue weighted by Gasteiger charge is 2.18. The van der Waals surface area contributed by atoms with Crippen LogP contribution in [0.4, 0.5) is 0 Å². The zero-order valence-electron chi connectivity index (χ0n) is 15.5. The van der Waals surface area contributed by atoms with Gasteiger partial charge >= 0.3 is 0 Å². The van der Waals surface area contributed by atoms with Crippen LogP contribution in [-0.2, 0) is 6.54 Å². The Hall–Kier alpha value is -3.27. The Morgan fingerprint density at radius 3 is 2.30 bits per heavy atom. The number of methoxy groups -OCH3 is 1. The highest BCUT2D eigenvalue weighted by molar-refractivity contribution is 5.76. The molecule has 0 bridgehead atoms. The van der Waals surface area contributed by atoms with Crippen molar-refractivity contribution in [3.63, 3.8) is 0 Å². The maximum Gasteiger partial charge on any atom is 0.153 e. The molecule has 0 saturated carbocycles. The van der Waals surface area contributed by atoms with Gasteiger partial charge in [0.25, 0.3) is 0 Å². The summed E-state index contributed by atoms with van der Waals surface area (Å²) in [5, 5.41) is 0. The highest BCUT2D eigenvalue weighted by atomic mass is 16.5. The third kappa shape index (κ3) is 3.65. The predicted octanol–water partition coefficient (Wildman–Crippen LogP) is 5.23. The number of para-hydroxylation sites is 3. The van der Waals surface area contributed by atoms with Gasteiger partial charge in [-0.3, -0.25) is 0 Å². The number of fused-ring (bicyclic) bond motifs is 1. The molecule has 27 heavy (non-hydrogen) atoms. The average Bonchev–Trinajstić information content (AvgIpc) is 3.08. The summed E-state index contributed by atoms with van der Waals surface area (Å²) < 4.78 is 13.6. The van der Waals surface area contributed by atoms with Crippen LogP contribution in [0.2, 0.25) is 0 Å². The maximum atomic E-state index is 6.14. The Balaban J connectivity index is 1.70. The van der Waals surface area contributed by atoms with Crippen LogP contribution in [0.15, 0.2) is 78.9 Å². The van der Waals surface area contributed by atoms with Crippen LogP contribution < -0.4 is 9.47 Å². The first-order chi connectivity index (χ1) is 13.2. The van der Waals surface area contributed by atoms with Gasteiger partial charge in [0.1, 0.15) is 11.5 Å². The van der Waals surface area contributed by atoms with Crippen molar-refractivity contribution in [3.8, 4) is 11.5 Å². The van der Waals surface area contributed by atoms with E-state index in [1.54, 1.807) is 7.11 Å². The minimum Gasteiger partial charge on any atom is -0.497 e. The lowest BCUT2D eigenvalue weighted by atomic mass is 10.2. The molecule has 1 heterocycles.